The summed E-state index contributed by atoms with van der Waals surface area (Å²) in [7, 11) is 0. The topological polar surface area (TPSA) is 37.9 Å². The monoisotopic (exact) mass is 728 g/mol. The number of allylic oxidation sites excluding steroid dienone is 1. The lowest BCUT2D eigenvalue weighted by molar-refractivity contribution is 0.669. The first kappa shape index (κ1) is 33.0. The molecule has 0 amide bonds. The first-order valence-corrected chi connectivity index (χ1v) is 19.5. The van der Waals surface area contributed by atoms with E-state index < -0.39 is 0 Å². The molecule has 9 aromatic carbocycles. The van der Waals surface area contributed by atoms with E-state index in [0.29, 0.717) is 12.3 Å². The number of rotatable bonds is 5. The van der Waals surface area contributed by atoms with E-state index in [1.807, 2.05) is 6.07 Å². The van der Waals surface area contributed by atoms with Gasteiger partial charge in [-0.15, -0.1) is 0 Å². The Morgan fingerprint density at radius 3 is 1.75 bits per heavy atom. The van der Waals surface area contributed by atoms with Gasteiger partial charge in [0.2, 0.25) is 0 Å². The smallest absolute Gasteiger partial charge is 0.160 e. The number of benzene rings is 9. The fourth-order valence-electron chi connectivity index (χ4n) is 8.63. The van der Waals surface area contributed by atoms with Crippen molar-refractivity contribution in [3.05, 3.63) is 210 Å². The second-order valence-corrected chi connectivity index (χ2v) is 15.0. The minimum Gasteiger partial charge on any atom is -0.456 e. The SMILES string of the molecule is CC1=C(c2ccc3ccccc3c2)N=C(c2ccc(-c3cc(-c4ccc5ccccc5c4)cc4oc5ccccc5c34)c3ccccc23)N=C(c2ccccc2)C1. The van der Waals surface area contributed by atoms with Gasteiger partial charge in [-0.3, -0.25) is 0 Å². The zero-order chi connectivity index (χ0) is 37.9. The summed E-state index contributed by atoms with van der Waals surface area (Å²) >= 11 is 0. The number of amidine groups is 1. The zero-order valence-corrected chi connectivity index (χ0v) is 31.4. The predicted octanol–water partition coefficient (Wildman–Crippen LogP) is 14.5. The number of hydrogen-bond acceptors (Lipinski definition) is 3. The summed E-state index contributed by atoms with van der Waals surface area (Å²) in [6, 6.07) is 67.0. The molecule has 1 aromatic heterocycles. The molecule has 0 radical (unpaired) electrons. The normalized spacial score (nSPS) is 13.4. The number of nitrogens with zero attached hydrogens (tertiary/aromatic N) is 2. The molecule has 0 N–H and O–H groups in total. The Morgan fingerprint density at radius 1 is 0.404 bits per heavy atom. The molecule has 3 heteroatoms. The third kappa shape index (κ3) is 5.75. The van der Waals surface area contributed by atoms with Crippen molar-refractivity contribution in [2.24, 2.45) is 9.98 Å². The van der Waals surface area contributed by atoms with E-state index in [4.69, 9.17) is 14.4 Å². The summed E-state index contributed by atoms with van der Waals surface area (Å²) in [5.41, 5.74) is 12.6. The molecule has 0 saturated carbocycles. The number of fused-ring (bicyclic) bond motifs is 6. The van der Waals surface area contributed by atoms with Crippen LogP contribution >= 0.6 is 0 Å². The summed E-state index contributed by atoms with van der Waals surface area (Å²) in [6.07, 6.45) is 0.697. The first-order valence-electron chi connectivity index (χ1n) is 19.5. The Kier molecular flexibility index (Phi) is 7.78. The van der Waals surface area contributed by atoms with Gasteiger partial charge in [0.15, 0.2) is 5.84 Å². The van der Waals surface area contributed by atoms with Gasteiger partial charge in [0.05, 0.1) is 11.4 Å². The summed E-state index contributed by atoms with van der Waals surface area (Å²) in [5, 5.41) is 9.29. The Balaban J connectivity index is 1.14. The van der Waals surface area contributed by atoms with Crippen LogP contribution < -0.4 is 0 Å². The highest BCUT2D eigenvalue weighted by atomic mass is 16.3. The molecule has 0 spiro atoms. The fraction of sp³-hybridized carbons (Fsp3) is 0.0370. The summed E-state index contributed by atoms with van der Waals surface area (Å²) < 4.78 is 6.61. The molecule has 0 fully saturated rings. The van der Waals surface area contributed by atoms with E-state index >= 15 is 0 Å². The Hall–Kier alpha value is -7.36. The van der Waals surface area contributed by atoms with Gasteiger partial charge < -0.3 is 4.42 Å². The van der Waals surface area contributed by atoms with Gasteiger partial charge in [0, 0.05) is 28.3 Å². The van der Waals surface area contributed by atoms with E-state index in [2.05, 4.69) is 189 Å². The van der Waals surface area contributed by atoms with Crippen LogP contribution in [-0.2, 0) is 0 Å². The van der Waals surface area contributed by atoms with Crippen LogP contribution in [0.25, 0.3) is 82.2 Å². The maximum absolute atomic E-state index is 6.61. The van der Waals surface area contributed by atoms with E-state index in [9.17, 15) is 0 Å². The lowest BCUT2D eigenvalue weighted by atomic mass is 9.89. The highest BCUT2D eigenvalue weighted by Crippen LogP contribution is 2.43. The van der Waals surface area contributed by atoms with Crippen molar-refractivity contribution < 1.29 is 4.42 Å². The second-order valence-electron chi connectivity index (χ2n) is 15.0. The Morgan fingerprint density at radius 2 is 1.00 bits per heavy atom. The summed E-state index contributed by atoms with van der Waals surface area (Å²) in [5.74, 6) is 0.709. The van der Waals surface area contributed by atoms with Crippen LogP contribution in [0.1, 0.15) is 30.0 Å². The van der Waals surface area contributed by atoms with Crippen molar-refractivity contribution in [2.45, 2.75) is 13.3 Å². The van der Waals surface area contributed by atoms with Gasteiger partial charge >= 0.3 is 0 Å². The minimum absolute atomic E-state index is 0.697. The molecular formula is C54H36N2O. The number of aliphatic imine (C=N–C) groups is 2. The van der Waals surface area contributed by atoms with Gasteiger partial charge in [-0.05, 0) is 109 Å². The summed E-state index contributed by atoms with van der Waals surface area (Å²) in [4.78, 5) is 10.9. The molecule has 2 heterocycles. The second kappa shape index (κ2) is 13.4. The molecule has 3 nitrogen and oxygen atoms in total. The van der Waals surface area contributed by atoms with Crippen LogP contribution in [0, 0.1) is 0 Å². The molecule has 0 unspecified atom stereocenters. The number of furan rings is 1. The molecule has 1 aliphatic rings. The van der Waals surface area contributed by atoms with Gasteiger partial charge in [0.25, 0.3) is 0 Å². The van der Waals surface area contributed by atoms with Crippen LogP contribution in [0.2, 0.25) is 0 Å². The third-order valence-corrected chi connectivity index (χ3v) is 11.4. The lowest BCUT2D eigenvalue weighted by Gasteiger charge is -2.15. The molecule has 1 aliphatic heterocycles. The van der Waals surface area contributed by atoms with Gasteiger partial charge in [-0.2, -0.15) is 0 Å². The lowest BCUT2D eigenvalue weighted by Crippen LogP contribution is -2.06. The molecular weight excluding hydrogens is 693 g/mol. The predicted molar refractivity (Wildman–Crippen MR) is 240 cm³/mol. The molecule has 57 heavy (non-hydrogen) atoms. The van der Waals surface area contributed by atoms with Crippen LogP contribution in [-0.4, -0.2) is 11.5 Å². The molecule has 0 atom stereocenters. The number of para-hydroxylation sites is 1. The van der Waals surface area contributed by atoms with Gasteiger partial charge in [0.1, 0.15) is 11.2 Å². The largest absolute Gasteiger partial charge is 0.456 e. The Bertz CT molecular complexity index is 3330. The van der Waals surface area contributed by atoms with Crippen molar-refractivity contribution in [1.29, 1.82) is 0 Å². The van der Waals surface area contributed by atoms with Crippen molar-refractivity contribution in [3.63, 3.8) is 0 Å². The van der Waals surface area contributed by atoms with Crippen LogP contribution in [0.5, 0.6) is 0 Å². The maximum atomic E-state index is 6.61. The maximum Gasteiger partial charge on any atom is 0.160 e. The fourth-order valence-corrected chi connectivity index (χ4v) is 8.63. The standard InChI is InChI=1S/C54H36N2O/c1-34-29-49(37-15-3-2-4-16-37)55-54(56-53(34)41-26-24-36-14-6-8-18-39(36)31-41)46-28-27-45(43-19-9-10-20-44(43)46)48-32-42(40-25-23-35-13-5-7-17-38(35)30-40)33-51-52(48)47-21-11-12-22-50(47)57-51/h2-28,30-33H,29H2,1H3. The molecule has 0 bridgehead atoms. The van der Waals surface area contributed by atoms with E-state index in [1.54, 1.807) is 0 Å². The van der Waals surface area contributed by atoms with E-state index in [1.165, 1.54) is 27.1 Å². The summed E-state index contributed by atoms with van der Waals surface area (Å²) in [6.45, 7) is 2.19. The molecule has 0 saturated heterocycles. The van der Waals surface area contributed by atoms with E-state index in [-0.39, 0.29) is 0 Å². The van der Waals surface area contributed by atoms with Crippen molar-refractivity contribution in [3.8, 4) is 22.3 Å². The van der Waals surface area contributed by atoms with Gasteiger partial charge in [-0.1, -0.05) is 152 Å². The number of hydrogen-bond donors (Lipinski definition) is 0. The quantitative estimate of drug-likeness (QED) is 0.174. The molecule has 10 aromatic rings. The van der Waals surface area contributed by atoms with Crippen molar-refractivity contribution in [1.82, 2.24) is 0 Å². The molecule has 0 aliphatic carbocycles. The van der Waals surface area contributed by atoms with E-state index in [0.717, 1.165) is 83.1 Å². The Labute approximate surface area is 330 Å². The average molecular weight is 729 g/mol. The molecule has 268 valence electrons. The van der Waals surface area contributed by atoms with Crippen LogP contribution in [0.3, 0.4) is 0 Å². The van der Waals surface area contributed by atoms with Crippen molar-refractivity contribution >= 4 is 71.5 Å². The minimum atomic E-state index is 0.697. The van der Waals surface area contributed by atoms with Crippen molar-refractivity contribution in [2.75, 3.05) is 0 Å². The van der Waals surface area contributed by atoms with Crippen LogP contribution in [0.4, 0.5) is 0 Å². The van der Waals surface area contributed by atoms with Gasteiger partial charge in [-0.25, -0.2) is 9.98 Å². The zero-order valence-electron chi connectivity index (χ0n) is 31.4. The first-order chi connectivity index (χ1) is 28.1. The molecule has 11 rings (SSSR count). The highest BCUT2D eigenvalue weighted by molar-refractivity contribution is 6.22. The van der Waals surface area contributed by atoms with Crippen LogP contribution in [0.15, 0.2) is 208 Å². The average Bonchev–Trinajstić information content (AvgIpc) is 3.56. The third-order valence-electron chi connectivity index (χ3n) is 11.4. The highest BCUT2D eigenvalue weighted by Gasteiger charge is 2.22.